The van der Waals surface area contributed by atoms with Crippen molar-refractivity contribution < 1.29 is 4.79 Å². The molecule has 1 amide bonds. The first-order valence-electron chi connectivity index (χ1n) is 9.56. The van der Waals surface area contributed by atoms with Gasteiger partial charge < -0.3 is 11.2 Å². The van der Waals surface area contributed by atoms with Gasteiger partial charge in [0.15, 0.2) is 5.16 Å². The molecule has 2 aromatic carbocycles. The zero-order valence-electron chi connectivity index (χ0n) is 15.8. The van der Waals surface area contributed by atoms with Crippen molar-refractivity contribution >= 4 is 17.7 Å². The van der Waals surface area contributed by atoms with Gasteiger partial charge >= 0.3 is 0 Å². The molecule has 4 rings (SSSR count). The van der Waals surface area contributed by atoms with E-state index in [9.17, 15) is 4.79 Å². The number of aromatic nitrogens is 2. The zero-order valence-corrected chi connectivity index (χ0v) is 16.7. The van der Waals surface area contributed by atoms with Crippen LogP contribution in [0.1, 0.15) is 36.9 Å². The summed E-state index contributed by atoms with van der Waals surface area (Å²) in [4.78, 5) is 17.4. The third kappa shape index (κ3) is 3.92. The van der Waals surface area contributed by atoms with Crippen molar-refractivity contribution in [1.82, 2.24) is 15.0 Å². The van der Waals surface area contributed by atoms with Crippen LogP contribution in [0.3, 0.4) is 0 Å². The van der Waals surface area contributed by atoms with Gasteiger partial charge in [0, 0.05) is 5.56 Å². The van der Waals surface area contributed by atoms with E-state index in [0.29, 0.717) is 5.16 Å². The first-order valence-corrected chi connectivity index (χ1v) is 10.4. The topological polar surface area (TPSA) is 72.9 Å². The van der Waals surface area contributed by atoms with Crippen molar-refractivity contribution in [3.8, 4) is 11.3 Å². The zero-order chi connectivity index (χ0) is 19.5. The van der Waals surface area contributed by atoms with E-state index in [1.54, 1.807) is 6.20 Å². The lowest BCUT2D eigenvalue weighted by atomic mass is 9.88. The van der Waals surface area contributed by atoms with Crippen molar-refractivity contribution in [2.45, 2.75) is 42.6 Å². The van der Waals surface area contributed by atoms with Crippen molar-refractivity contribution in [3.63, 3.8) is 0 Å². The van der Waals surface area contributed by atoms with Gasteiger partial charge in [-0.05, 0) is 37.3 Å². The molecule has 0 saturated carbocycles. The van der Waals surface area contributed by atoms with E-state index in [-0.39, 0.29) is 17.2 Å². The minimum atomic E-state index is -0.289. The molecule has 0 fully saturated rings. The van der Waals surface area contributed by atoms with Crippen LogP contribution in [0, 0.1) is 0 Å². The van der Waals surface area contributed by atoms with E-state index in [2.05, 4.69) is 28.5 Å². The molecule has 1 aromatic heterocycles. The first kappa shape index (κ1) is 18.6. The fraction of sp³-hybridized carbons (Fsp3) is 0.273. The maximum atomic E-state index is 12.8. The summed E-state index contributed by atoms with van der Waals surface area (Å²) >= 11 is 1.38. The summed E-state index contributed by atoms with van der Waals surface area (Å²) in [6, 6.07) is 18.3. The smallest absolute Gasteiger partial charge is 0.233 e. The van der Waals surface area contributed by atoms with E-state index in [1.807, 2.05) is 43.3 Å². The Morgan fingerprint density at radius 2 is 1.96 bits per heavy atom. The van der Waals surface area contributed by atoms with Crippen LogP contribution < -0.4 is 11.2 Å². The number of carbonyl (C=O) groups excluding carboxylic acids is 1. The van der Waals surface area contributed by atoms with E-state index in [0.717, 1.165) is 30.5 Å². The predicted octanol–water partition coefficient (Wildman–Crippen LogP) is 3.94. The summed E-state index contributed by atoms with van der Waals surface area (Å²) in [6.07, 6.45) is 4.94. The predicted molar refractivity (Wildman–Crippen MR) is 113 cm³/mol. The van der Waals surface area contributed by atoms with Gasteiger partial charge in [-0.2, -0.15) is 0 Å². The molecule has 1 heterocycles. The Hall–Kier alpha value is -2.73. The SMILES string of the molecule is C[C@H](Sc1nc(-c2ccccc2)cn1N)C(=O)N[C@@H]1CCCc2ccccc21. The Labute approximate surface area is 169 Å². The highest BCUT2D eigenvalue weighted by molar-refractivity contribution is 8.00. The fourth-order valence-electron chi connectivity index (χ4n) is 3.62. The molecular formula is C22H24N4OS. The van der Waals surface area contributed by atoms with E-state index in [1.165, 1.54) is 27.6 Å². The second-order valence-corrected chi connectivity index (χ2v) is 8.40. The summed E-state index contributed by atoms with van der Waals surface area (Å²) in [5.74, 6) is 6.09. The van der Waals surface area contributed by atoms with Crippen LogP contribution >= 0.6 is 11.8 Å². The van der Waals surface area contributed by atoms with Gasteiger partial charge in [-0.3, -0.25) is 4.79 Å². The number of rotatable bonds is 5. The lowest BCUT2D eigenvalue weighted by Crippen LogP contribution is -2.36. The molecule has 1 aliphatic rings. The molecule has 0 aliphatic heterocycles. The van der Waals surface area contributed by atoms with Crippen molar-refractivity contribution in [2.24, 2.45) is 0 Å². The Bertz CT molecular complexity index is 970. The third-order valence-corrected chi connectivity index (χ3v) is 6.19. The average Bonchev–Trinajstić information content (AvgIpc) is 3.09. The van der Waals surface area contributed by atoms with Crippen molar-refractivity contribution in [1.29, 1.82) is 0 Å². The number of hydrogen-bond acceptors (Lipinski definition) is 4. The molecule has 0 unspecified atom stereocenters. The number of nitrogens with one attached hydrogen (secondary N) is 1. The Morgan fingerprint density at radius 1 is 1.21 bits per heavy atom. The summed E-state index contributed by atoms with van der Waals surface area (Å²) in [7, 11) is 0. The molecule has 3 N–H and O–H groups in total. The second kappa shape index (κ2) is 8.10. The maximum absolute atomic E-state index is 12.8. The molecule has 1 aliphatic carbocycles. The fourth-order valence-corrected chi connectivity index (χ4v) is 4.43. The van der Waals surface area contributed by atoms with Gasteiger partial charge in [-0.1, -0.05) is 66.4 Å². The van der Waals surface area contributed by atoms with Crippen molar-refractivity contribution in [3.05, 3.63) is 71.9 Å². The Balaban J connectivity index is 1.44. The summed E-state index contributed by atoms with van der Waals surface area (Å²) in [5, 5.41) is 3.56. The molecule has 0 radical (unpaired) electrons. The highest BCUT2D eigenvalue weighted by atomic mass is 32.2. The van der Waals surface area contributed by atoms with Gasteiger partial charge in [0.2, 0.25) is 5.91 Å². The number of fused-ring (bicyclic) bond motifs is 1. The van der Waals surface area contributed by atoms with E-state index in [4.69, 9.17) is 5.84 Å². The Morgan fingerprint density at radius 3 is 2.79 bits per heavy atom. The van der Waals surface area contributed by atoms with Gasteiger partial charge in [0.05, 0.1) is 23.2 Å². The second-order valence-electron chi connectivity index (χ2n) is 7.09. The van der Waals surface area contributed by atoms with E-state index < -0.39 is 0 Å². The average molecular weight is 393 g/mol. The van der Waals surface area contributed by atoms with Gasteiger partial charge in [0.25, 0.3) is 0 Å². The Kier molecular flexibility index (Phi) is 5.39. The van der Waals surface area contributed by atoms with Gasteiger partial charge in [-0.25, -0.2) is 9.66 Å². The minimum Gasteiger partial charge on any atom is -0.348 e. The molecule has 0 saturated heterocycles. The number of nitrogen functional groups attached to an aromatic ring is 1. The van der Waals surface area contributed by atoms with Crippen LogP contribution in [0.15, 0.2) is 66.0 Å². The number of aryl methyl sites for hydroxylation is 1. The number of nitrogens with zero attached hydrogens (tertiary/aromatic N) is 2. The number of imidazole rings is 1. The van der Waals surface area contributed by atoms with E-state index >= 15 is 0 Å². The summed E-state index contributed by atoms with van der Waals surface area (Å²) < 4.78 is 1.49. The molecule has 0 bridgehead atoms. The number of hydrogen-bond donors (Lipinski definition) is 2. The molecule has 3 aromatic rings. The van der Waals surface area contributed by atoms with Crippen LogP contribution in [0.5, 0.6) is 0 Å². The van der Waals surface area contributed by atoms with Crippen LogP contribution in [0.25, 0.3) is 11.3 Å². The highest BCUT2D eigenvalue weighted by Gasteiger charge is 2.25. The maximum Gasteiger partial charge on any atom is 0.233 e. The highest BCUT2D eigenvalue weighted by Crippen LogP contribution is 2.31. The summed E-state index contributed by atoms with van der Waals surface area (Å²) in [5.41, 5.74) is 4.39. The quantitative estimate of drug-likeness (QED) is 0.510. The summed E-state index contributed by atoms with van der Waals surface area (Å²) in [6.45, 7) is 1.89. The monoisotopic (exact) mass is 392 g/mol. The number of thioether (sulfide) groups is 1. The van der Waals surface area contributed by atoms with Crippen LogP contribution in [-0.4, -0.2) is 20.8 Å². The number of carbonyl (C=O) groups is 1. The number of amides is 1. The largest absolute Gasteiger partial charge is 0.348 e. The third-order valence-electron chi connectivity index (χ3n) is 5.11. The van der Waals surface area contributed by atoms with Crippen LogP contribution in [0.4, 0.5) is 0 Å². The van der Waals surface area contributed by atoms with Gasteiger partial charge in [0.1, 0.15) is 0 Å². The molecule has 28 heavy (non-hydrogen) atoms. The molecule has 144 valence electrons. The standard InChI is InChI=1S/C22H24N4OS/c1-15(21(27)24-19-13-7-11-16-8-5-6-12-18(16)19)28-22-25-20(14-26(22)23)17-9-3-2-4-10-17/h2-6,8-10,12,14-15,19H,7,11,13,23H2,1H3,(H,24,27)/t15-,19+/m0/s1. The molecular weight excluding hydrogens is 368 g/mol. The van der Waals surface area contributed by atoms with Crippen molar-refractivity contribution in [2.75, 3.05) is 5.84 Å². The number of benzene rings is 2. The number of nitrogens with two attached hydrogens (primary N) is 1. The molecule has 6 heteroatoms. The molecule has 0 spiro atoms. The normalized spacial score (nSPS) is 17.0. The molecule has 2 atom stereocenters. The molecule has 5 nitrogen and oxygen atoms in total. The first-order chi connectivity index (χ1) is 13.6. The minimum absolute atomic E-state index is 0.0102. The lowest BCUT2D eigenvalue weighted by molar-refractivity contribution is -0.121. The lowest BCUT2D eigenvalue weighted by Gasteiger charge is -2.27. The van der Waals surface area contributed by atoms with Crippen LogP contribution in [0.2, 0.25) is 0 Å². The van der Waals surface area contributed by atoms with Gasteiger partial charge in [-0.15, -0.1) is 0 Å². The van der Waals surface area contributed by atoms with Crippen LogP contribution in [-0.2, 0) is 11.2 Å².